The molecule has 27 heavy (non-hydrogen) atoms. The number of hydrogen-bond acceptors (Lipinski definition) is 0. The summed E-state index contributed by atoms with van der Waals surface area (Å²) in [5.41, 5.74) is 5.21. The van der Waals surface area contributed by atoms with E-state index in [0.717, 1.165) is 11.7 Å². The first-order valence-corrected chi connectivity index (χ1v) is 12.8. The average molecular weight is 394 g/mol. The number of rotatable bonds is 3. The lowest BCUT2D eigenvalue weighted by atomic mass is 9.69. The van der Waals surface area contributed by atoms with Crippen molar-refractivity contribution >= 4 is 32.1 Å². The van der Waals surface area contributed by atoms with Crippen LogP contribution < -0.4 is 15.9 Å². The summed E-state index contributed by atoms with van der Waals surface area (Å²) in [5.74, 6) is 0. The lowest BCUT2D eigenvalue weighted by molar-refractivity contribution is 0.613. The van der Waals surface area contributed by atoms with E-state index in [2.05, 4.69) is 75.1 Å². The fraction of sp³-hybridized carbons (Fsp3) is 0.250. The van der Waals surface area contributed by atoms with E-state index in [0.29, 0.717) is 0 Å². The van der Waals surface area contributed by atoms with Gasteiger partial charge in [-0.2, -0.15) is 0 Å². The highest BCUT2D eigenvalue weighted by atomic mass is 31.2. The molecule has 0 N–H and O–H groups in total. The zero-order valence-corrected chi connectivity index (χ0v) is 18.1. The molecular weight excluding hydrogens is 369 g/mol. The highest BCUT2D eigenvalue weighted by Crippen LogP contribution is 2.45. The van der Waals surface area contributed by atoms with Gasteiger partial charge in [-0.15, -0.1) is 0 Å². The molecule has 0 saturated heterocycles. The Morgan fingerprint density at radius 3 is 1.89 bits per heavy atom. The third-order valence-corrected chi connectivity index (χ3v) is 9.14. The van der Waals surface area contributed by atoms with Crippen molar-refractivity contribution in [2.45, 2.75) is 25.7 Å². The number of fused-ring (bicyclic) bond motifs is 2. The normalized spacial score (nSPS) is 16.9. The van der Waals surface area contributed by atoms with Crippen LogP contribution in [-0.2, 0) is 11.8 Å². The second-order valence-corrected chi connectivity index (χ2v) is 11.3. The summed E-state index contributed by atoms with van der Waals surface area (Å²) in [6, 6.07) is 23.7. The Labute approximate surface area is 164 Å². The Kier molecular flexibility index (Phi) is 4.96. The number of halogens is 1. The van der Waals surface area contributed by atoms with Crippen LogP contribution in [0.15, 0.2) is 66.7 Å². The minimum Gasteiger partial charge on any atom is -0.222 e. The molecule has 3 aromatic carbocycles. The third kappa shape index (κ3) is 3.16. The van der Waals surface area contributed by atoms with E-state index in [1.807, 2.05) is 12.1 Å². The fourth-order valence-corrected chi connectivity index (χ4v) is 7.08. The summed E-state index contributed by atoms with van der Waals surface area (Å²) in [7, 11) is -2.03. The standard InChI is InChI=1S/C24H25FP2/c1-24(2)20-12-8-14-22(26(3)17-10-6-5-7-11-17)18(20)16-19-21(24)13-9-15-23(19)27(4)25/h5-15H,16H2,1-4H3. The molecule has 0 spiro atoms. The maximum Gasteiger partial charge on any atom is 0.110 e. The quantitative estimate of drug-likeness (QED) is 0.507. The molecule has 2 unspecified atom stereocenters. The zero-order valence-electron chi connectivity index (χ0n) is 16.3. The largest absolute Gasteiger partial charge is 0.222 e. The minimum atomic E-state index is -1.60. The third-order valence-electron chi connectivity index (χ3n) is 5.84. The monoisotopic (exact) mass is 394 g/mol. The molecule has 0 fully saturated rings. The molecule has 138 valence electrons. The van der Waals surface area contributed by atoms with Crippen LogP contribution in [0.4, 0.5) is 4.20 Å². The number of hydrogen-bond donors (Lipinski definition) is 0. The highest BCUT2D eigenvalue weighted by molar-refractivity contribution is 7.72. The summed E-state index contributed by atoms with van der Waals surface area (Å²) in [6.07, 6.45) is 0.844. The van der Waals surface area contributed by atoms with E-state index in [1.165, 1.54) is 32.9 Å². The first-order chi connectivity index (χ1) is 12.9. The van der Waals surface area contributed by atoms with E-state index in [9.17, 15) is 4.20 Å². The maximum absolute atomic E-state index is 14.4. The lowest BCUT2D eigenvalue weighted by Gasteiger charge is -2.38. The van der Waals surface area contributed by atoms with Gasteiger partial charge in [-0.3, -0.25) is 0 Å². The van der Waals surface area contributed by atoms with E-state index >= 15 is 0 Å². The van der Waals surface area contributed by atoms with Crippen molar-refractivity contribution in [3.63, 3.8) is 0 Å². The Balaban J connectivity index is 1.91. The van der Waals surface area contributed by atoms with Crippen LogP contribution in [-0.4, -0.2) is 13.3 Å². The van der Waals surface area contributed by atoms with Gasteiger partial charge in [0, 0.05) is 10.7 Å². The van der Waals surface area contributed by atoms with E-state index in [-0.39, 0.29) is 5.41 Å². The highest BCUT2D eigenvalue weighted by Gasteiger charge is 2.35. The van der Waals surface area contributed by atoms with Crippen molar-refractivity contribution in [1.29, 1.82) is 0 Å². The lowest BCUT2D eigenvalue weighted by Crippen LogP contribution is -2.33. The molecule has 0 heterocycles. The van der Waals surface area contributed by atoms with Crippen molar-refractivity contribution in [2.24, 2.45) is 0 Å². The SMILES string of the molecule is CP(F)c1cccc2c1Cc1c(P(C)c3ccccc3)cccc1C2(C)C. The van der Waals surface area contributed by atoms with Crippen LogP contribution in [0.1, 0.15) is 36.1 Å². The topological polar surface area (TPSA) is 0 Å². The smallest absolute Gasteiger partial charge is 0.110 e. The average Bonchev–Trinajstić information content (AvgIpc) is 2.67. The minimum absolute atomic E-state index is 0.104. The van der Waals surface area contributed by atoms with Crippen LogP contribution in [0.5, 0.6) is 0 Å². The van der Waals surface area contributed by atoms with Crippen molar-refractivity contribution < 1.29 is 4.20 Å². The Bertz CT molecular complexity index is 977. The molecule has 4 rings (SSSR count). The molecule has 1 aliphatic rings. The van der Waals surface area contributed by atoms with Crippen LogP contribution in [0, 0.1) is 0 Å². The number of benzene rings is 3. The molecule has 0 aliphatic heterocycles. The summed E-state index contributed by atoms with van der Waals surface area (Å²) >= 11 is 0. The van der Waals surface area contributed by atoms with Crippen LogP contribution in [0.3, 0.4) is 0 Å². The predicted octanol–water partition coefficient (Wildman–Crippen LogP) is 5.60. The van der Waals surface area contributed by atoms with Gasteiger partial charge in [-0.05, 0) is 60.5 Å². The van der Waals surface area contributed by atoms with Crippen molar-refractivity contribution in [1.82, 2.24) is 0 Å². The molecule has 0 bridgehead atoms. The Hall–Kier alpha value is -1.55. The van der Waals surface area contributed by atoms with Gasteiger partial charge in [0.15, 0.2) is 0 Å². The predicted molar refractivity (Wildman–Crippen MR) is 120 cm³/mol. The molecule has 0 nitrogen and oxygen atoms in total. The zero-order chi connectivity index (χ0) is 19.2. The van der Waals surface area contributed by atoms with Gasteiger partial charge in [-0.1, -0.05) is 80.6 Å². The Morgan fingerprint density at radius 1 is 0.741 bits per heavy atom. The molecule has 1 aliphatic carbocycles. The first kappa shape index (κ1) is 18.8. The van der Waals surface area contributed by atoms with Gasteiger partial charge in [0.25, 0.3) is 0 Å². The van der Waals surface area contributed by atoms with E-state index in [4.69, 9.17) is 0 Å². The van der Waals surface area contributed by atoms with Crippen LogP contribution >= 0.6 is 16.2 Å². The van der Waals surface area contributed by atoms with Crippen molar-refractivity contribution in [3.8, 4) is 0 Å². The summed E-state index contributed by atoms with van der Waals surface area (Å²) in [6.45, 7) is 8.63. The second kappa shape index (κ2) is 7.12. The van der Waals surface area contributed by atoms with Crippen LogP contribution in [0.2, 0.25) is 0 Å². The van der Waals surface area contributed by atoms with Gasteiger partial charge in [0.05, 0.1) is 0 Å². The van der Waals surface area contributed by atoms with Gasteiger partial charge in [0.1, 0.15) is 8.23 Å². The summed E-state index contributed by atoms with van der Waals surface area (Å²) in [5, 5.41) is 3.73. The summed E-state index contributed by atoms with van der Waals surface area (Å²) < 4.78 is 14.4. The molecule has 2 atom stereocenters. The summed E-state index contributed by atoms with van der Waals surface area (Å²) in [4.78, 5) is 0. The maximum atomic E-state index is 14.4. The van der Waals surface area contributed by atoms with Gasteiger partial charge in [-0.25, -0.2) is 4.20 Å². The Morgan fingerprint density at radius 2 is 1.30 bits per heavy atom. The van der Waals surface area contributed by atoms with Crippen molar-refractivity contribution in [2.75, 3.05) is 13.3 Å². The van der Waals surface area contributed by atoms with Gasteiger partial charge in [0.2, 0.25) is 0 Å². The molecule has 0 amide bonds. The molecule has 3 aromatic rings. The molecule has 0 aromatic heterocycles. The fourth-order valence-electron chi connectivity index (χ4n) is 4.41. The van der Waals surface area contributed by atoms with E-state index in [1.54, 1.807) is 6.66 Å². The van der Waals surface area contributed by atoms with Gasteiger partial charge >= 0.3 is 0 Å². The van der Waals surface area contributed by atoms with Gasteiger partial charge < -0.3 is 0 Å². The second-order valence-electron chi connectivity index (χ2n) is 7.78. The molecule has 0 saturated carbocycles. The molecule has 3 heteroatoms. The molecular formula is C24H25FP2. The van der Waals surface area contributed by atoms with Crippen LogP contribution in [0.25, 0.3) is 0 Å². The first-order valence-electron chi connectivity index (χ1n) is 9.34. The van der Waals surface area contributed by atoms with E-state index < -0.39 is 16.2 Å². The molecule has 0 radical (unpaired) electrons. The van der Waals surface area contributed by atoms with Crippen molar-refractivity contribution in [3.05, 3.63) is 89.0 Å².